The SMILES string of the molecule is C=CCCCc1cc(F)c(C#Cc2ccc(-c3ccc(CC)cc3)cc2)c(F)c1. The van der Waals surface area contributed by atoms with E-state index in [4.69, 9.17) is 0 Å². The van der Waals surface area contributed by atoms with Crippen LogP contribution in [0.1, 0.15) is 42.0 Å². The fourth-order valence-corrected chi connectivity index (χ4v) is 3.15. The van der Waals surface area contributed by atoms with Gasteiger partial charge in [-0.25, -0.2) is 8.78 Å². The summed E-state index contributed by atoms with van der Waals surface area (Å²) in [5, 5.41) is 0. The Morgan fingerprint density at radius 1 is 0.828 bits per heavy atom. The van der Waals surface area contributed by atoms with E-state index in [1.807, 2.05) is 24.3 Å². The van der Waals surface area contributed by atoms with Crippen LogP contribution in [0.5, 0.6) is 0 Å². The number of hydrogen-bond acceptors (Lipinski definition) is 0. The fourth-order valence-electron chi connectivity index (χ4n) is 3.15. The molecule has 0 fully saturated rings. The molecule has 0 atom stereocenters. The molecule has 3 aromatic rings. The summed E-state index contributed by atoms with van der Waals surface area (Å²) < 4.78 is 28.6. The van der Waals surface area contributed by atoms with Crippen molar-refractivity contribution in [2.75, 3.05) is 0 Å². The molecule has 2 heteroatoms. The molecular weight excluding hydrogens is 362 g/mol. The Bertz CT molecular complexity index is 1010. The number of allylic oxidation sites excluding steroid dienone is 1. The highest BCUT2D eigenvalue weighted by molar-refractivity contribution is 5.64. The summed E-state index contributed by atoms with van der Waals surface area (Å²) in [6, 6.07) is 18.9. The number of hydrogen-bond donors (Lipinski definition) is 0. The molecule has 0 saturated carbocycles. The summed E-state index contributed by atoms with van der Waals surface area (Å²) in [4.78, 5) is 0. The second-order valence-electron chi connectivity index (χ2n) is 6.99. The summed E-state index contributed by atoms with van der Waals surface area (Å²) in [6.07, 6.45) is 5.08. The van der Waals surface area contributed by atoms with E-state index >= 15 is 0 Å². The summed E-state index contributed by atoms with van der Waals surface area (Å²) in [5.74, 6) is 4.29. The Hall–Kier alpha value is -3.18. The van der Waals surface area contributed by atoms with Crippen LogP contribution in [0.25, 0.3) is 11.1 Å². The van der Waals surface area contributed by atoms with E-state index in [-0.39, 0.29) is 5.56 Å². The van der Waals surface area contributed by atoms with Crippen molar-refractivity contribution in [2.45, 2.75) is 32.6 Å². The van der Waals surface area contributed by atoms with Crippen molar-refractivity contribution in [2.24, 2.45) is 0 Å². The number of unbranched alkanes of at least 4 members (excludes halogenated alkanes) is 1. The van der Waals surface area contributed by atoms with Crippen LogP contribution in [0.15, 0.2) is 73.3 Å². The summed E-state index contributed by atoms with van der Waals surface area (Å²) in [5.41, 5.74) is 4.69. The molecule has 0 aliphatic carbocycles. The second kappa shape index (κ2) is 9.85. The van der Waals surface area contributed by atoms with Crippen LogP contribution < -0.4 is 0 Å². The zero-order valence-corrected chi connectivity index (χ0v) is 16.6. The van der Waals surface area contributed by atoms with Gasteiger partial charge in [0.15, 0.2) is 0 Å². The zero-order valence-electron chi connectivity index (χ0n) is 16.6. The minimum atomic E-state index is -0.612. The third-order valence-electron chi connectivity index (χ3n) is 4.89. The van der Waals surface area contributed by atoms with Crippen molar-refractivity contribution in [3.05, 3.63) is 107 Å². The number of benzene rings is 3. The topological polar surface area (TPSA) is 0 Å². The zero-order chi connectivity index (χ0) is 20.6. The van der Waals surface area contributed by atoms with Gasteiger partial charge in [0.25, 0.3) is 0 Å². The molecule has 0 aromatic heterocycles. The third-order valence-corrected chi connectivity index (χ3v) is 4.89. The maximum atomic E-state index is 14.3. The summed E-state index contributed by atoms with van der Waals surface area (Å²) in [6.45, 7) is 5.79. The van der Waals surface area contributed by atoms with Gasteiger partial charge in [0, 0.05) is 5.56 Å². The van der Waals surface area contributed by atoms with E-state index in [9.17, 15) is 8.78 Å². The molecule has 146 valence electrons. The van der Waals surface area contributed by atoms with E-state index in [2.05, 4.69) is 49.6 Å². The van der Waals surface area contributed by atoms with Gasteiger partial charge in [-0.1, -0.05) is 61.2 Å². The average molecular weight is 386 g/mol. The van der Waals surface area contributed by atoms with Crippen molar-refractivity contribution in [3.63, 3.8) is 0 Å². The fraction of sp³-hybridized carbons (Fsp3) is 0.185. The van der Waals surface area contributed by atoms with Crippen molar-refractivity contribution < 1.29 is 8.78 Å². The van der Waals surface area contributed by atoms with Crippen LogP contribution in [0.2, 0.25) is 0 Å². The van der Waals surface area contributed by atoms with Crippen LogP contribution in [-0.2, 0) is 12.8 Å². The Labute approximate surface area is 171 Å². The van der Waals surface area contributed by atoms with Crippen molar-refractivity contribution >= 4 is 0 Å². The predicted octanol–water partition coefficient (Wildman–Crippen LogP) is 7.10. The van der Waals surface area contributed by atoms with Gasteiger partial charge >= 0.3 is 0 Å². The predicted molar refractivity (Wildman–Crippen MR) is 117 cm³/mol. The first-order valence-corrected chi connectivity index (χ1v) is 9.91. The molecule has 0 aliphatic rings. The van der Waals surface area contributed by atoms with Gasteiger partial charge < -0.3 is 0 Å². The first-order valence-electron chi connectivity index (χ1n) is 9.91. The lowest BCUT2D eigenvalue weighted by Gasteiger charge is -2.04. The molecule has 0 nitrogen and oxygen atoms in total. The molecule has 0 radical (unpaired) electrons. The molecule has 0 bridgehead atoms. The van der Waals surface area contributed by atoms with E-state index < -0.39 is 11.6 Å². The van der Waals surface area contributed by atoms with E-state index in [1.54, 1.807) is 6.08 Å². The van der Waals surface area contributed by atoms with E-state index in [1.165, 1.54) is 17.7 Å². The largest absolute Gasteiger partial charge is 0.206 e. The van der Waals surface area contributed by atoms with E-state index in [0.717, 1.165) is 30.4 Å². The standard InChI is InChI=1S/C27H24F2/c1-3-5-6-7-22-18-26(28)25(27(29)19-22)17-12-21-10-15-24(16-11-21)23-13-8-20(4-2)9-14-23/h3,8-11,13-16,18-19H,1,4-7H2,2H3. The maximum absolute atomic E-state index is 14.3. The van der Waals surface area contributed by atoms with Gasteiger partial charge in [0.1, 0.15) is 11.6 Å². The molecule has 29 heavy (non-hydrogen) atoms. The van der Waals surface area contributed by atoms with Gasteiger partial charge in [-0.05, 0) is 72.2 Å². The Morgan fingerprint density at radius 3 is 1.97 bits per heavy atom. The normalized spacial score (nSPS) is 10.3. The van der Waals surface area contributed by atoms with Gasteiger partial charge in [-0.3, -0.25) is 0 Å². The Morgan fingerprint density at radius 2 is 1.41 bits per heavy atom. The maximum Gasteiger partial charge on any atom is 0.142 e. The lowest BCUT2D eigenvalue weighted by molar-refractivity contribution is 0.573. The molecule has 3 aromatic carbocycles. The highest BCUT2D eigenvalue weighted by Gasteiger charge is 2.09. The first kappa shape index (κ1) is 20.6. The van der Waals surface area contributed by atoms with Crippen LogP contribution >= 0.6 is 0 Å². The van der Waals surface area contributed by atoms with Crippen molar-refractivity contribution in [3.8, 4) is 23.0 Å². The Balaban J connectivity index is 1.76. The van der Waals surface area contributed by atoms with Crippen LogP contribution in [-0.4, -0.2) is 0 Å². The van der Waals surface area contributed by atoms with Crippen molar-refractivity contribution in [1.82, 2.24) is 0 Å². The van der Waals surface area contributed by atoms with Gasteiger partial charge in [-0.15, -0.1) is 6.58 Å². The smallest absolute Gasteiger partial charge is 0.142 e. The number of aryl methyl sites for hydroxylation is 2. The lowest BCUT2D eigenvalue weighted by atomic mass is 10.0. The molecule has 0 amide bonds. The summed E-state index contributed by atoms with van der Waals surface area (Å²) >= 11 is 0. The molecule has 0 spiro atoms. The van der Waals surface area contributed by atoms with E-state index in [0.29, 0.717) is 17.5 Å². The Kier molecular flexibility index (Phi) is 6.98. The van der Waals surface area contributed by atoms with Crippen LogP contribution in [0.3, 0.4) is 0 Å². The average Bonchev–Trinajstić information content (AvgIpc) is 2.74. The molecule has 3 rings (SSSR count). The molecule has 0 heterocycles. The van der Waals surface area contributed by atoms with Gasteiger partial charge in [0.05, 0.1) is 5.56 Å². The first-order chi connectivity index (χ1) is 14.1. The number of halogens is 2. The molecular formula is C27H24F2. The minimum absolute atomic E-state index is 0.184. The van der Waals surface area contributed by atoms with Crippen LogP contribution in [0, 0.1) is 23.5 Å². The molecule has 0 unspecified atom stereocenters. The minimum Gasteiger partial charge on any atom is -0.206 e. The molecule has 0 N–H and O–H groups in total. The third kappa shape index (κ3) is 5.42. The monoisotopic (exact) mass is 386 g/mol. The quantitative estimate of drug-likeness (QED) is 0.241. The summed E-state index contributed by atoms with van der Waals surface area (Å²) in [7, 11) is 0. The van der Waals surface area contributed by atoms with Gasteiger partial charge in [0.2, 0.25) is 0 Å². The molecule has 0 aliphatic heterocycles. The van der Waals surface area contributed by atoms with Crippen LogP contribution in [0.4, 0.5) is 8.78 Å². The molecule has 0 saturated heterocycles. The second-order valence-corrected chi connectivity index (χ2v) is 6.99. The van der Waals surface area contributed by atoms with Gasteiger partial charge in [-0.2, -0.15) is 0 Å². The number of rotatable bonds is 6. The van der Waals surface area contributed by atoms with Crippen molar-refractivity contribution in [1.29, 1.82) is 0 Å². The highest BCUT2D eigenvalue weighted by atomic mass is 19.1. The lowest BCUT2D eigenvalue weighted by Crippen LogP contribution is -1.95. The highest BCUT2D eigenvalue weighted by Crippen LogP contribution is 2.21.